The standard InChI is InChI=1S/C52H32N2S/c1-2-14-33(15-3-1)35-18-12-19-37(30-35)53-46-24-9-7-22-40(46)44-32-42(52-50(51(44)53)41-23-8-11-27-49(41)55-52)36-28-29-48-43(31-36)39-21-6-10-25-47(39)54(48)45-26-13-17-34-16-4-5-20-38(34)45/h1-32H. The fourth-order valence-electron chi connectivity index (χ4n) is 9.08. The summed E-state index contributed by atoms with van der Waals surface area (Å²) in [5.41, 5.74) is 12.2. The van der Waals surface area contributed by atoms with Gasteiger partial charge in [0.05, 0.1) is 27.8 Å². The SMILES string of the molecule is c1ccc(-c2cccc(-n3c4ccccc4c4cc(-c5ccc6c(c5)c5ccccc5n6-c5cccc6ccccc56)c5sc6ccccc6c5c43)c2)cc1. The topological polar surface area (TPSA) is 9.86 Å². The average Bonchev–Trinajstić information content (AvgIpc) is 3.91. The first kappa shape index (κ1) is 30.5. The maximum absolute atomic E-state index is 2.50. The lowest BCUT2D eigenvalue weighted by Gasteiger charge is -2.13. The number of fused-ring (bicyclic) bond motifs is 11. The van der Waals surface area contributed by atoms with Crippen LogP contribution in [0.5, 0.6) is 0 Å². The van der Waals surface area contributed by atoms with Gasteiger partial charge in [-0.05, 0) is 76.7 Å². The van der Waals surface area contributed by atoms with E-state index in [-0.39, 0.29) is 0 Å². The highest BCUT2D eigenvalue weighted by molar-refractivity contribution is 7.26. The Kier molecular flexibility index (Phi) is 6.54. The Morgan fingerprint density at radius 1 is 0.364 bits per heavy atom. The van der Waals surface area contributed by atoms with Crippen molar-refractivity contribution in [3.05, 3.63) is 194 Å². The maximum Gasteiger partial charge on any atom is 0.0634 e. The third-order valence-electron chi connectivity index (χ3n) is 11.5. The van der Waals surface area contributed by atoms with Crippen LogP contribution >= 0.6 is 11.3 Å². The predicted octanol–water partition coefficient (Wildman–Crippen LogP) is 14.7. The minimum atomic E-state index is 1.17. The van der Waals surface area contributed by atoms with E-state index in [4.69, 9.17) is 0 Å². The molecular formula is C52H32N2S. The van der Waals surface area contributed by atoms with E-state index in [2.05, 4.69) is 203 Å². The Labute approximate surface area is 321 Å². The Bertz CT molecular complexity index is 3480. The molecule has 0 fully saturated rings. The predicted molar refractivity (Wildman–Crippen MR) is 236 cm³/mol. The van der Waals surface area contributed by atoms with E-state index >= 15 is 0 Å². The average molecular weight is 717 g/mol. The number of rotatable bonds is 4. The molecule has 0 aliphatic rings. The van der Waals surface area contributed by atoms with E-state index in [1.54, 1.807) is 0 Å². The molecule has 0 radical (unpaired) electrons. The van der Waals surface area contributed by atoms with Gasteiger partial charge in [0.2, 0.25) is 0 Å². The Morgan fingerprint density at radius 3 is 1.85 bits per heavy atom. The molecule has 0 unspecified atom stereocenters. The van der Waals surface area contributed by atoms with Crippen molar-refractivity contribution < 1.29 is 0 Å². The second-order valence-electron chi connectivity index (χ2n) is 14.5. The van der Waals surface area contributed by atoms with E-state index in [9.17, 15) is 0 Å². The number of nitrogens with zero attached hydrogens (tertiary/aromatic N) is 2. The van der Waals surface area contributed by atoms with Gasteiger partial charge < -0.3 is 9.13 Å². The van der Waals surface area contributed by atoms with Gasteiger partial charge >= 0.3 is 0 Å². The summed E-state index contributed by atoms with van der Waals surface area (Å²) in [7, 11) is 0. The summed E-state index contributed by atoms with van der Waals surface area (Å²) in [5.74, 6) is 0. The van der Waals surface area contributed by atoms with Crippen LogP contribution < -0.4 is 0 Å². The third-order valence-corrected chi connectivity index (χ3v) is 12.7. The van der Waals surface area contributed by atoms with Crippen molar-refractivity contribution in [1.82, 2.24) is 9.13 Å². The molecule has 3 heterocycles. The highest BCUT2D eigenvalue weighted by Gasteiger charge is 2.23. The molecule has 3 heteroatoms. The maximum atomic E-state index is 2.50. The summed E-state index contributed by atoms with van der Waals surface area (Å²) in [6.45, 7) is 0. The molecule has 0 amide bonds. The summed E-state index contributed by atoms with van der Waals surface area (Å²) in [6.07, 6.45) is 0. The van der Waals surface area contributed by atoms with Gasteiger partial charge in [-0.25, -0.2) is 0 Å². The Morgan fingerprint density at radius 2 is 1.00 bits per heavy atom. The van der Waals surface area contributed by atoms with Crippen LogP contribution in [0.25, 0.3) is 108 Å². The molecule has 0 saturated heterocycles. The minimum Gasteiger partial charge on any atom is -0.309 e. The summed E-state index contributed by atoms with van der Waals surface area (Å²) in [5, 5.41) is 10.2. The summed E-state index contributed by atoms with van der Waals surface area (Å²) in [4.78, 5) is 0. The molecule has 12 aromatic rings. The molecule has 2 nitrogen and oxygen atoms in total. The number of hydrogen-bond acceptors (Lipinski definition) is 1. The van der Waals surface area contributed by atoms with Crippen LogP contribution in [-0.4, -0.2) is 9.13 Å². The highest BCUT2D eigenvalue weighted by Crippen LogP contribution is 2.48. The number of benzene rings is 9. The van der Waals surface area contributed by atoms with Crippen molar-refractivity contribution in [3.8, 4) is 33.6 Å². The van der Waals surface area contributed by atoms with Crippen LogP contribution in [-0.2, 0) is 0 Å². The van der Waals surface area contributed by atoms with Crippen molar-refractivity contribution in [1.29, 1.82) is 0 Å². The molecule has 3 aromatic heterocycles. The van der Waals surface area contributed by atoms with Gasteiger partial charge in [0.1, 0.15) is 0 Å². The molecule has 0 spiro atoms. The monoisotopic (exact) mass is 716 g/mol. The molecule has 55 heavy (non-hydrogen) atoms. The molecule has 9 aromatic carbocycles. The summed E-state index contributed by atoms with van der Waals surface area (Å²) in [6, 6.07) is 71.3. The van der Waals surface area contributed by atoms with Gasteiger partial charge in [-0.2, -0.15) is 0 Å². The molecular weight excluding hydrogens is 685 g/mol. The smallest absolute Gasteiger partial charge is 0.0634 e. The van der Waals surface area contributed by atoms with Crippen LogP contribution in [0.2, 0.25) is 0 Å². The van der Waals surface area contributed by atoms with Crippen LogP contribution in [0, 0.1) is 0 Å². The van der Waals surface area contributed by atoms with Gasteiger partial charge in [-0.15, -0.1) is 11.3 Å². The highest BCUT2D eigenvalue weighted by atomic mass is 32.1. The second-order valence-corrected chi connectivity index (χ2v) is 15.5. The van der Waals surface area contributed by atoms with Gasteiger partial charge in [-0.3, -0.25) is 0 Å². The van der Waals surface area contributed by atoms with Crippen molar-refractivity contribution in [2.24, 2.45) is 0 Å². The first-order valence-corrected chi connectivity index (χ1v) is 19.7. The molecule has 0 atom stereocenters. The first-order valence-electron chi connectivity index (χ1n) is 18.9. The summed E-state index contributed by atoms with van der Waals surface area (Å²) < 4.78 is 7.57. The van der Waals surface area contributed by atoms with Gasteiger partial charge in [-0.1, -0.05) is 140 Å². The van der Waals surface area contributed by atoms with E-state index < -0.39 is 0 Å². The van der Waals surface area contributed by atoms with E-state index in [0.29, 0.717) is 0 Å². The van der Waals surface area contributed by atoms with Gasteiger partial charge in [0.15, 0.2) is 0 Å². The molecule has 0 N–H and O–H groups in total. The number of thiophene rings is 1. The van der Waals surface area contributed by atoms with E-state index in [0.717, 1.165) is 0 Å². The van der Waals surface area contributed by atoms with Crippen LogP contribution in [0.15, 0.2) is 194 Å². The van der Waals surface area contributed by atoms with Crippen molar-refractivity contribution >= 4 is 85.9 Å². The van der Waals surface area contributed by atoms with Crippen molar-refractivity contribution in [3.63, 3.8) is 0 Å². The van der Waals surface area contributed by atoms with Crippen LogP contribution in [0.1, 0.15) is 0 Å². The lowest BCUT2D eigenvalue weighted by molar-refractivity contribution is 1.19. The van der Waals surface area contributed by atoms with Crippen LogP contribution in [0.3, 0.4) is 0 Å². The number of hydrogen-bond donors (Lipinski definition) is 0. The van der Waals surface area contributed by atoms with Crippen molar-refractivity contribution in [2.45, 2.75) is 0 Å². The van der Waals surface area contributed by atoms with Crippen molar-refractivity contribution in [2.75, 3.05) is 0 Å². The number of para-hydroxylation sites is 2. The summed E-state index contributed by atoms with van der Waals surface area (Å²) >= 11 is 1.91. The largest absolute Gasteiger partial charge is 0.309 e. The molecule has 0 aliphatic carbocycles. The van der Waals surface area contributed by atoms with E-state index in [1.165, 1.54) is 108 Å². The zero-order valence-electron chi connectivity index (χ0n) is 29.8. The zero-order chi connectivity index (χ0) is 36.0. The zero-order valence-corrected chi connectivity index (χ0v) is 30.6. The Hall–Kier alpha value is -6.94. The lowest BCUT2D eigenvalue weighted by Crippen LogP contribution is -1.95. The fraction of sp³-hybridized carbons (Fsp3) is 0. The Balaban J connectivity index is 1.17. The normalized spacial score (nSPS) is 12.0. The first-order chi connectivity index (χ1) is 27.3. The minimum absolute atomic E-state index is 1.17. The fourth-order valence-corrected chi connectivity index (χ4v) is 10.3. The molecule has 12 rings (SSSR count). The van der Waals surface area contributed by atoms with Gasteiger partial charge in [0.25, 0.3) is 0 Å². The quantitative estimate of drug-likeness (QED) is 0.172. The van der Waals surface area contributed by atoms with E-state index in [1.807, 2.05) is 11.3 Å². The second kappa shape index (κ2) is 11.8. The lowest BCUT2D eigenvalue weighted by atomic mass is 9.97. The van der Waals surface area contributed by atoms with Crippen LogP contribution in [0.4, 0.5) is 0 Å². The third kappa shape index (κ3) is 4.48. The molecule has 256 valence electrons. The molecule has 0 saturated carbocycles. The number of aromatic nitrogens is 2. The van der Waals surface area contributed by atoms with Gasteiger partial charge in [0, 0.05) is 58.4 Å². The molecule has 0 aliphatic heterocycles. The molecule has 0 bridgehead atoms.